The summed E-state index contributed by atoms with van der Waals surface area (Å²) in [4.78, 5) is 4.08. The van der Waals surface area contributed by atoms with Crippen LogP contribution < -0.4 is 10.5 Å². The van der Waals surface area contributed by atoms with E-state index in [1.165, 1.54) is 6.21 Å². The number of hydrogen-bond acceptors (Lipinski definition) is 5. The molecule has 0 amide bonds. The lowest BCUT2D eigenvalue weighted by atomic mass is 10.2. The predicted molar refractivity (Wildman–Crippen MR) is 89.5 cm³/mol. The van der Waals surface area contributed by atoms with Gasteiger partial charge in [0.05, 0.1) is 17.3 Å². The minimum atomic E-state index is 0.0514. The Bertz CT molecular complexity index is 702. The Labute approximate surface area is 136 Å². The first-order valence-electron chi connectivity index (χ1n) is 6.55. The SMILES string of the molecule is CCOc1cc(/C=N/N=C(/N)c2ccccn2)cc(Br)c1O. The van der Waals surface area contributed by atoms with Crippen molar-refractivity contribution in [1.82, 2.24) is 4.98 Å². The molecule has 2 aromatic rings. The van der Waals surface area contributed by atoms with Crippen LogP contribution in [-0.4, -0.2) is 28.7 Å². The van der Waals surface area contributed by atoms with Crippen LogP contribution in [0.25, 0.3) is 0 Å². The highest BCUT2D eigenvalue weighted by Gasteiger charge is 2.08. The highest BCUT2D eigenvalue weighted by Crippen LogP contribution is 2.35. The summed E-state index contributed by atoms with van der Waals surface area (Å²) >= 11 is 3.26. The van der Waals surface area contributed by atoms with Crippen LogP contribution in [0.2, 0.25) is 0 Å². The van der Waals surface area contributed by atoms with E-state index in [-0.39, 0.29) is 11.6 Å². The molecule has 2 rings (SSSR count). The number of phenols is 1. The van der Waals surface area contributed by atoms with Gasteiger partial charge in [0, 0.05) is 6.20 Å². The topological polar surface area (TPSA) is 93.1 Å². The summed E-state index contributed by atoms with van der Waals surface area (Å²) in [6, 6.07) is 8.73. The molecular weight excluding hydrogens is 348 g/mol. The Balaban J connectivity index is 2.20. The van der Waals surface area contributed by atoms with Gasteiger partial charge < -0.3 is 15.6 Å². The molecule has 1 aromatic carbocycles. The van der Waals surface area contributed by atoms with Crippen LogP contribution in [0.15, 0.2) is 51.2 Å². The Morgan fingerprint density at radius 3 is 2.95 bits per heavy atom. The number of rotatable bonds is 5. The maximum Gasteiger partial charge on any atom is 0.172 e. The van der Waals surface area contributed by atoms with Crippen molar-refractivity contribution >= 4 is 28.0 Å². The summed E-state index contributed by atoms with van der Waals surface area (Å²) in [5.74, 6) is 0.648. The van der Waals surface area contributed by atoms with E-state index >= 15 is 0 Å². The number of amidine groups is 1. The number of aromatic nitrogens is 1. The van der Waals surface area contributed by atoms with Gasteiger partial charge in [-0.3, -0.25) is 4.98 Å². The molecular formula is C15H15BrN4O2. The molecule has 0 unspecified atom stereocenters. The molecule has 0 fully saturated rings. The normalized spacial score (nSPS) is 11.8. The lowest BCUT2D eigenvalue weighted by Crippen LogP contribution is -2.14. The number of halogens is 1. The highest BCUT2D eigenvalue weighted by molar-refractivity contribution is 9.10. The predicted octanol–water partition coefficient (Wildman–Crippen LogP) is 2.69. The van der Waals surface area contributed by atoms with Gasteiger partial charge in [-0.05, 0) is 52.7 Å². The standard InChI is InChI=1S/C15H15BrN4O2/c1-2-22-13-8-10(7-11(16)14(13)21)9-19-20-15(17)12-5-3-4-6-18-12/h3-9,21H,2H2,1H3,(H2,17,20)/b19-9+. The van der Waals surface area contributed by atoms with Crippen molar-refractivity contribution in [3.8, 4) is 11.5 Å². The third kappa shape index (κ3) is 4.05. The van der Waals surface area contributed by atoms with Gasteiger partial charge in [0.25, 0.3) is 0 Å². The molecule has 0 saturated heterocycles. The zero-order chi connectivity index (χ0) is 15.9. The first-order chi connectivity index (χ1) is 10.6. The van der Waals surface area contributed by atoms with Gasteiger partial charge in [0.2, 0.25) is 0 Å². The lowest BCUT2D eigenvalue weighted by Gasteiger charge is -2.08. The Hall–Kier alpha value is -2.41. The molecule has 0 aliphatic carbocycles. The highest BCUT2D eigenvalue weighted by atomic mass is 79.9. The fourth-order valence-electron chi connectivity index (χ4n) is 1.66. The number of nitrogens with two attached hydrogens (primary N) is 1. The van der Waals surface area contributed by atoms with E-state index in [1.807, 2.05) is 13.0 Å². The van der Waals surface area contributed by atoms with Crippen LogP contribution in [0.5, 0.6) is 11.5 Å². The molecule has 0 saturated carbocycles. The molecule has 0 aliphatic heterocycles. The maximum absolute atomic E-state index is 9.84. The van der Waals surface area contributed by atoms with Crippen LogP contribution in [0.3, 0.4) is 0 Å². The number of aromatic hydroxyl groups is 1. The molecule has 1 heterocycles. The van der Waals surface area contributed by atoms with Gasteiger partial charge in [0.1, 0.15) is 5.69 Å². The van der Waals surface area contributed by atoms with Crippen LogP contribution in [0.4, 0.5) is 0 Å². The quantitative estimate of drug-likeness (QED) is 0.485. The van der Waals surface area contributed by atoms with E-state index in [0.717, 1.165) is 0 Å². The fourth-order valence-corrected chi connectivity index (χ4v) is 2.12. The van der Waals surface area contributed by atoms with Crippen LogP contribution >= 0.6 is 15.9 Å². The van der Waals surface area contributed by atoms with Crippen molar-refractivity contribution in [2.24, 2.45) is 15.9 Å². The number of phenolic OH excluding ortho intramolecular Hbond substituents is 1. The van der Waals surface area contributed by atoms with Crippen LogP contribution in [-0.2, 0) is 0 Å². The van der Waals surface area contributed by atoms with Crippen LogP contribution in [0.1, 0.15) is 18.2 Å². The molecule has 0 bridgehead atoms. The number of nitrogens with zero attached hydrogens (tertiary/aromatic N) is 3. The van der Waals surface area contributed by atoms with Gasteiger partial charge in [-0.2, -0.15) is 5.10 Å². The monoisotopic (exact) mass is 362 g/mol. The third-order valence-electron chi connectivity index (χ3n) is 2.65. The van der Waals surface area contributed by atoms with Crippen molar-refractivity contribution in [2.45, 2.75) is 6.92 Å². The van der Waals surface area contributed by atoms with E-state index in [0.29, 0.717) is 28.1 Å². The first kappa shape index (κ1) is 16.0. The minimum absolute atomic E-state index is 0.0514. The Kier molecular flexibility index (Phi) is 5.48. The summed E-state index contributed by atoms with van der Waals surface area (Å²) in [5.41, 5.74) is 7.06. The summed E-state index contributed by atoms with van der Waals surface area (Å²) < 4.78 is 5.86. The molecule has 0 aliphatic rings. The zero-order valence-electron chi connectivity index (χ0n) is 11.9. The second kappa shape index (κ2) is 7.56. The van der Waals surface area contributed by atoms with Gasteiger partial charge in [-0.25, -0.2) is 0 Å². The van der Waals surface area contributed by atoms with Crippen molar-refractivity contribution < 1.29 is 9.84 Å². The van der Waals surface area contributed by atoms with E-state index in [9.17, 15) is 5.11 Å². The molecule has 1 aromatic heterocycles. The number of benzene rings is 1. The zero-order valence-corrected chi connectivity index (χ0v) is 13.5. The second-order valence-corrected chi connectivity index (χ2v) is 5.08. The number of ether oxygens (including phenoxy) is 1. The number of hydrogen-bond donors (Lipinski definition) is 2. The largest absolute Gasteiger partial charge is 0.503 e. The average molecular weight is 363 g/mol. The van der Waals surface area contributed by atoms with Gasteiger partial charge in [-0.1, -0.05) is 6.07 Å². The van der Waals surface area contributed by atoms with Crippen LogP contribution in [0, 0.1) is 0 Å². The fraction of sp³-hybridized carbons (Fsp3) is 0.133. The molecule has 6 nitrogen and oxygen atoms in total. The molecule has 0 radical (unpaired) electrons. The average Bonchev–Trinajstić information content (AvgIpc) is 2.53. The molecule has 22 heavy (non-hydrogen) atoms. The molecule has 0 atom stereocenters. The summed E-state index contributed by atoms with van der Waals surface area (Å²) in [5, 5.41) is 17.7. The summed E-state index contributed by atoms with van der Waals surface area (Å²) in [7, 11) is 0. The Morgan fingerprint density at radius 2 is 2.27 bits per heavy atom. The third-order valence-corrected chi connectivity index (χ3v) is 3.25. The summed E-state index contributed by atoms with van der Waals surface area (Å²) in [6.45, 7) is 2.29. The molecule has 114 valence electrons. The van der Waals surface area contributed by atoms with Gasteiger partial charge in [-0.15, -0.1) is 5.10 Å². The minimum Gasteiger partial charge on any atom is -0.503 e. The molecule has 3 N–H and O–H groups in total. The Morgan fingerprint density at radius 1 is 1.45 bits per heavy atom. The number of pyridine rings is 1. The summed E-state index contributed by atoms with van der Waals surface area (Å²) in [6.07, 6.45) is 3.15. The molecule has 7 heteroatoms. The van der Waals surface area contributed by atoms with Crippen molar-refractivity contribution in [3.05, 3.63) is 52.3 Å². The van der Waals surface area contributed by atoms with Gasteiger partial charge >= 0.3 is 0 Å². The van der Waals surface area contributed by atoms with Crippen molar-refractivity contribution in [1.29, 1.82) is 0 Å². The van der Waals surface area contributed by atoms with Crippen molar-refractivity contribution in [3.63, 3.8) is 0 Å². The first-order valence-corrected chi connectivity index (χ1v) is 7.34. The van der Waals surface area contributed by atoms with E-state index in [4.69, 9.17) is 10.5 Å². The van der Waals surface area contributed by atoms with Crippen molar-refractivity contribution in [2.75, 3.05) is 6.61 Å². The lowest BCUT2D eigenvalue weighted by molar-refractivity contribution is 0.317. The van der Waals surface area contributed by atoms with Gasteiger partial charge in [0.15, 0.2) is 17.3 Å². The second-order valence-electron chi connectivity index (χ2n) is 4.23. The smallest absolute Gasteiger partial charge is 0.172 e. The van der Waals surface area contributed by atoms with E-state index in [2.05, 4.69) is 31.1 Å². The molecule has 0 spiro atoms. The maximum atomic E-state index is 9.84. The van der Waals surface area contributed by atoms with E-state index in [1.54, 1.807) is 30.5 Å². The van der Waals surface area contributed by atoms with E-state index < -0.39 is 0 Å².